The number of benzene rings is 3. The molecule has 33 heavy (non-hydrogen) atoms. The largest absolute Gasteiger partial charge is 0.497 e. The fourth-order valence-corrected chi connectivity index (χ4v) is 3.18. The van der Waals surface area contributed by atoms with E-state index < -0.39 is 0 Å². The van der Waals surface area contributed by atoms with Crippen molar-refractivity contribution >= 4 is 46.1 Å². The summed E-state index contributed by atoms with van der Waals surface area (Å²) in [5.41, 5.74) is 22.5. The standard InChI is InChI=1S/C24H24N6OS2/c1-15-6-8-16(9-7-15)21(27-29-23(25)32)18-4-3-5-19(14-18)22(28-30-24(26)33)17-10-12-20(31-2)13-11-17/h3-14H,1-2H3,(H3,25,29,32)(H3,26,30,33). The lowest BCUT2D eigenvalue weighted by atomic mass is 9.96. The van der Waals surface area contributed by atoms with Crippen LogP contribution in [0.3, 0.4) is 0 Å². The van der Waals surface area contributed by atoms with Gasteiger partial charge in [0, 0.05) is 22.3 Å². The van der Waals surface area contributed by atoms with Crippen LogP contribution in [0.2, 0.25) is 0 Å². The first-order chi connectivity index (χ1) is 15.9. The van der Waals surface area contributed by atoms with E-state index in [-0.39, 0.29) is 10.2 Å². The summed E-state index contributed by atoms with van der Waals surface area (Å²) >= 11 is 9.89. The van der Waals surface area contributed by atoms with Crippen LogP contribution in [0.15, 0.2) is 83.0 Å². The quantitative estimate of drug-likeness (QED) is 0.236. The molecule has 0 saturated heterocycles. The van der Waals surface area contributed by atoms with E-state index in [0.29, 0.717) is 11.4 Å². The van der Waals surface area contributed by atoms with Crippen molar-refractivity contribution in [3.8, 4) is 5.75 Å². The average Bonchev–Trinajstić information content (AvgIpc) is 2.81. The van der Waals surface area contributed by atoms with Crippen molar-refractivity contribution in [3.05, 3.63) is 101 Å². The van der Waals surface area contributed by atoms with Crippen LogP contribution in [0.25, 0.3) is 0 Å². The first kappa shape index (κ1) is 23.8. The number of hydrogen-bond acceptors (Lipinski definition) is 5. The molecule has 0 unspecified atom stereocenters. The number of nitrogens with two attached hydrogens (primary N) is 2. The van der Waals surface area contributed by atoms with E-state index in [4.69, 9.17) is 40.6 Å². The van der Waals surface area contributed by atoms with E-state index >= 15 is 0 Å². The normalized spacial score (nSPS) is 11.6. The number of hydrazone groups is 2. The minimum absolute atomic E-state index is 0.0692. The zero-order chi connectivity index (χ0) is 23.8. The summed E-state index contributed by atoms with van der Waals surface area (Å²) in [7, 11) is 1.62. The molecule has 0 aromatic heterocycles. The van der Waals surface area contributed by atoms with Crippen LogP contribution in [-0.2, 0) is 0 Å². The summed E-state index contributed by atoms with van der Waals surface area (Å²) in [6.07, 6.45) is 0. The van der Waals surface area contributed by atoms with Gasteiger partial charge in [0.15, 0.2) is 10.2 Å². The number of methoxy groups -OCH3 is 1. The van der Waals surface area contributed by atoms with E-state index in [0.717, 1.165) is 33.6 Å². The highest BCUT2D eigenvalue weighted by Gasteiger charge is 2.13. The maximum absolute atomic E-state index is 5.62. The second-order valence-corrected chi connectivity index (χ2v) is 7.93. The topological polar surface area (TPSA) is 110 Å². The van der Waals surface area contributed by atoms with Gasteiger partial charge < -0.3 is 16.2 Å². The van der Waals surface area contributed by atoms with Crippen molar-refractivity contribution in [2.45, 2.75) is 6.92 Å². The molecule has 0 aliphatic heterocycles. The van der Waals surface area contributed by atoms with Gasteiger partial charge in [-0.05, 0) is 61.7 Å². The van der Waals surface area contributed by atoms with Crippen LogP contribution in [0, 0.1) is 6.92 Å². The molecule has 168 valence electrons. The third-order valence-electron chi connectivity index (χ3n) is 4.65. The molecule has 0 heterocycles. The van der Waals surface area contributed by atoms with Crippen molar-refractivity contribution in [1.29, 1.82) is 0 Å². The molecule has 3 aromatic carbocycles. The Morgan fingerprint density at radius 2 is 1.18 bits per heavy atom. The minimum Gasteiger partial charge on any atom is -0.497 e. The Balaban J connectivity index is 2.10. The van der Waals surface area contributed by atoms with E-state index in [1.807, 2.05) is 79.7 Å². The lowest BCUT2D eigenvalue weighted by Gasteiger charge is -2.12. The summed E-state index contributed by atoms with van der Waals surface area (Å²) in [6, 6.07) is 23.4. The molecular weight excluding hydrogens is 452 g/mol. The molecule has 6 N–H and O–H groups in total. The van der Waals surface area contributed by atoms with Crippen LogP contribution in [-0.4, -0.2) is 28.8 Å². The molecule has 0 atom stereocenters. The van der Waals surface area contributed by atoms with Crippen molar-refractivity contribution in [2.75, 3.05) is 7.11 Å². The Hall–Kier alpha value is -3.82. The van der Waals surface area contributed by atoms with Gasteiger partial charge >= 0.3 is 0 Å². The van der Waals surface area contributed by atoms with Crippen LogP contribution in [0.1, 0.15) is 27.8 Å². The Bertz CT molecular complexity index is 1200. The summed E-state index contributed by atoms with van der Waals surface area (Å²) in [5, 5.41) is 9.04. The minimum atomic E-state index is 0.0692. The fraction of sp³-hybridized carbons (Fsp3) is 0.0833. The maximum atomic E-state index is 5.62. The Kier molecular flexibility index (Phi) is 8.06. The number of nitrogens with zero attached hydrogens (tertiary/aromatic N) is 2. The Morgan fingerprint density at radius 3 is 1.61 bits per heavy atom. The molecule has 0 fully saturated rings. The molecule has 0 aliphatic carbocycles. The number of thiocarbonyl (C=S) groups is 2. The van der Waals surface area contributed by atoms with Gasteiger partial charge in [-0.15, -0.1) is 0 Å². The Morgan fingerprint density at radius 1 is 0.727 bits per heavy atom. The van der Waals surface area contributed by atoms with Crippen LogP contribution < -0.4 is 27.1 Å². The van der Waals surface area contributed by atoms with Gasteiger partial charge in [0.2, 0.25) is 0 Å². The second-order valence-electron chi connectivity index (χ2n) is 7.05. The van der Waals surface area contributed by atoms with E-state index in [9.17, 15) is 0 Å². The lowest BCUT2D eigenvalue weighted by Crippen LogP contribution is -2.26. The van der Waals surface area contributed by atoms with Crippen LogP contribution in [0.4, 0.5) is 0 Å². The van der Waals surface area contributed by atoms with Crippen molar-refractivity contribution in [1.82, 2.24) is 10.9 Å². The average molecular weight is 477 g/mol. The van der Waals surface area contributed by atoms with Gasteiger partial charge in [-0.3, -0.25) is 10.9 Å². The number of aryl methyl sites for hydroxylation is 1. The summed E-state index contributed by atoms with van der Waals surface area (Å²) in [6.45, 7) is 2.03. The van der Waals surface area contributed by atoms with E-state index in [2.05, 4.69) is 21.1 Å². The predicted molar refractivity (Wildman–Crippen MR) is 142 cm³/mol. The van der Waals surface area contributed by atoms with E-state index in [1.54, 1.807) is 7.11 Å². The highest BCUT2D eigenvalue weighted by molar-refractivity contribution is 7.80. The SMILES string of the molecule is COc1ccc(C(=NNC(N)=S)c2cccc(C(=NNC(N)=S)c3ccc(C)cc3)c2)cc1. The number of nitrogens with one attached hydrogen (secondary N) is 2. The lowest BCUT2D eigenvalue weighted by molar-refractivity contribution is 0.415. The molecule has 3 aromatic rings. The van der Waals surface area contributed by atoms with Gasteiger partial charge in [0.25, 0.3) is 0 Å². The zero-order valence-corrected chi connectivity index (χ0v) is 19.8. The first-order valence-corrected chi connectivity index (χ1v) is 10.8. The molecule has 0 bridgehead atoms. The summed E-state index contributed by atoms with van der Waals surface area (Å²) in [4.78, 5) is 0. The summed E-state index contributed by atoms with van der Waals surface area (Å²) < 4.78 is 5.27. The molecule has 3 rings (SSSR count). The zero-order valence-electron chi connectivity index (χ0n) is 18.2. The van der Waals surface area contributed by atoms with Crippen molar-refractivity contribution < 1.29 is 4.74 Å². The van der Waals surface area contributed by atoms with Crippen molar-refractivity contribution in [2.24, 2.45) is 21.7 Å². The molecule has 0 amide bonds. The second kappa shape index (κ2) is 11.2. The highest BCUT2D eigenvalue weighted by atomic mass is 32.1. The Labute approximate surface area is 203 Å². The number of ether oxygens (including phenoxy) is 1. The third-order valence-corrected chi connectivity index (χ3v) is 4.84. The molecule has 9 heteroatoms. The molecular formula is C24H24N6OS2. The molecule has 0 radical (unpaired) electrons. The molecule has 0 aliphatic rings. The monoisotopic (exact) mass is 476 g/mol. The molecule has 0 spiro atoms. The van der Waals surface area contributed by atoms with Crippen LogP contribution in [0.5, 0.6) is 5.75 Å². The highest BCUT2D eigenvalue weighted by Crippen LogP contribution is 2.19. The summed E-state index contributed by atoms with van der Waals surface area (Å²) in [5.74, 6) is 0.742. The van der Waals surface area contributed by atoms with Gasteiger partial charge in [-0.2, -0.15) is 10.2 Å². The first-order valence-electron chi connectivity index (χ1n) is 9.96. The number of hydrogen-bond donors (Lipinski definition) is 4. The van der Waals surface area contributed by atoms with E-state index in [1.165, 1.54) is 0 Å². The third kappa shape index (κ3) is 6.58. The molecule has 0 saturated carbocycles. The predicted octanol–water partition coefficient (Wildman–Crippen LogP) is 3.17. The fourth-order valence-electron chi connectivity index (χ4n) is 3.09. The smallest absolute Gasteiger partial charge is 0.184 e. The van der Waals surface area contributed by atoms with Crippen LogP contribution >= 0.6 is 24.4 Å². The van der Waals surface area contributed by atoms with Gasteiger partial charge in [-0.1, -0.05) is 48.0 Å². The van der Waals surface area contributed by atoms with Gasteiger partial charge in [0.1, 0.15) is 5.75 Å². The van der Waals surface area contributed by atoms with Crippen molar-refractivity contribution in [3.63, 3.8) is 0 Å². The van der Waals surface area contributed by atoms with Gasteiger partial charge in [0.05, 0.1) is 18.5 Å². The number of rotatable bonds is 7. The van der Waals surface area contributed by atoms with Gasteiger partial charge in [-0.25, -0.2) is 0 Å². The maximum Gasteiger partial charge on any atom is 0.184 e. The molecule has 7 nitrogen and oxygen atoms in total.